The van der Waals surface area contributed by atoms with Gasteiger partial charge in [0.15, 0.2) is 0 Å². The normalized spacial score (nSPS) is 26.0. The minimum absolute atomic E-state index is 0.0225. The summed E-state index contributed by atoms with van der Waals surface area (Å²) in [5, 5.41) is 11.5. The molecule has 1 unspecified atom stereocenters. The lowest BCUT2D eigenvalue weighted by Gasteiger charge is -2.37. The van der Waals surface area contributed by atoms with Crippen molar-refractivity contribution >= 4 is 0 Å². The molecule has 124 valence electrons. The molecule has 1 fully saturated rings. The van der Waals surface area contributed by atoms with Crippen LogP contribution in [0.25, 0.3) is 0 Å². The molecule has 22 heavy (non-hydrogen) atoms. The number of halogens is 1. The van der Waals surface area contributed by atoms with Crippen LogP contribution in [0, 0.1) is 11.7 Å². The minimum atomic E-state index is -0.241. The molecular formula is C17H27FN2O2. The van der Waals surface area contributed by atoms with Crippen molar-refractivity contribution in [3.8, 4) is 0 Å². The average molecular weight is 310 g/mol. The lowest BCUT2D eigenvalue weighted by Crippen LogP contribution is -2.44. The van der Waals surface area contributed by atoms with E-state index in [2.05, 4.69) is 13.8 Å². The van der Waals surface area contributed by atoms with E-state index >= 15 is 0 Å². The summed E-state index contributed by atoms with van der Waals surface area (Å²) >= 11 is 0. The highest BCUT2D eigenvalue weighted by Gasteiger charge is 2.46. The third kappa shape index (κ3) is 4.04. The molecule has 0 aliphatic carbocycles. The average Bonchev–Trinajstić information content (AvgIpc) is 2.79. The Hall–Kier alpha value is -1.01. The standard InChI is InChI=1S/C17H27FN2O2/c1-13(2)9-17(7-8-21)10-16(11-19)22-20(17)12-14-3-5-15(18)6-4-14/h3-6,13,16,21H,7-12,19H2,1-2H3/t16-,17?/m1/s1. The van der Waals surface area contributed by atoms with E-state index in [4.69, 9.17) is 10.6 Å². The molecule has 2 atom stereocenters. The first-order valence-corrected chi connectivity index (χ1v) is 7.99. The molecular weight excluding hydrogens is 283 g/mol. The Morgan fingerprint density at radius 3 is 2.64 bits per heavy atom. The second-order valence-corrected chi connectivity index (χ2v) is 6.63. The number of hydroxylamine groups is 2. The molecule has 1 aromatic carbocycles. The largest absolute Gasteiger partial charge is 0.396 e. The predicted octanol–water partition coefficient (Wildman–Crippen LogP) is 2.46. The van der Waals surface area contributed by atoms with Gasteiger partial charge in [-0.2, -0.15) is 5.06 Å². The predicted molar refractivity (Wildman–Crippen MR) is 84.4 cm³/mol. The van der Waals surface area contributed by atoms with Gasteiger partial charge in [0.2, 0.25) is 0 Å². The Kier molecular flexibility index (Phi) is 5.92. The maximum absolute atomic E-state index is 13.1. The topological polar surface area (TPSA) is 58.7 Å². The van der Waals surface area contributed by atoms with E-state index in [1.165, 1.54) is 12.1 Å². The molecule has 0 bridgehead atoms. The van der Waals surface area contributed by atoms with Crippen molar-refractivity contribution in [2.75, 3.05) is 13.2 Å². The smallest absolute Gasteiger partial charge is 0.123 e. The van der Waals surface area contributed by atoms with Crippen molar-refractivity contribution in [3.63, 3.8) is 0 Å². The van der Waals surface area contributed by atoms with Gasteiger partial charge in [0.1, 0.15) is 5.82 Å². The van der Waals surface area contributed by atoms with Gasteiger partial charge < -0.3 is 10.8 Å². The van der Waals surface area contributed by atoms with Crippen LogP contribution in [0.3, 0.4) is 0 Å². The van der Waals surface area contributed by atoms with Crippen LogP contribution in [0.15, 0.2) is 24.3 Å². The van der Waals surface area contributed by atoms with Crippen LogP contribution >= 0.6 is 0 Å². The maximum atomic E-state index is 13.1. The monoisotopic (exact) mass is 310 g/mol. The summed E-state index contributed by atoms with van der Waals surface area (Å²) in [6.07, 6.45) is 2.39. The van der Waals surface area contributed by atoms with E-state index in [9.17, 15) is 9.50 Å². The van der Waals surface area contributed by atoms with Crippen LogP contribution < -0.4 is 5.73 Å². The van der Waals surface area contributed by atoms with Crippen molar-refractivity contribution in [2.45, 2.75) is 51.3 Å². The van der Waals surface area contributed by atoms with E-state index in [1.807, 2.05) is 5.06 Å². The van der Waals surface area contributed by atoms with Gasteiger partial charge >= 0.3 is 0 Å². The number of aliphatic hydroxyl groups is 1. The summed E-state index contributed by atoms with van der Waals surface area (Å²) in [6, 6.07) is 6.46. The van der Waals surface area contributed by atoms with Crippen LogP contribution in [0.1, 0.15) is 38.7 Å². The molecule has 1 aromatic rings. The van der Waals surface area contributed by atoms with E-state index in [0.717, 1.165) is 18.4 Å². The Morgan fingerprint density at radius 2 is 2.09 bits per heavy atom. The third-order valence-corrected chi connectivity index (χ3v) is 4.28. The number of aliphatic hydroxyl groups excluding tert-OH is 1. The van der Waals surface area contributed by atoms with E-state index < -0.39 is 0 Å². The first-order chi connectivity index (χ1) is 10.5. The minimum Gasteiger partial charge on any atom is -0.396 e. The van der Waals surface area contributed by atoms with Gasteiger partial charge in [-0.15, -0.1) is 0 Å². The zero-order chi connectivity index (χ0) is 16.2. The van der Waals surface area contributed by atoms with E-state index in [1.54, 1.807) is 12.1 Å². The molecule has 1 aliphatic heterocycles. The first-order valence-electron chi connectivity index (χ1n) is 7.99. The highest BCUT2D eigenvalue weighted by molar-refractivity contribution is 5.16. The molecule has 0 spiro atoms. The Labute approximate surface area is 132 Å². The summed E-state index contributed by atoms with van der Waals surface area (Å²) in [5.41, 5.74) is 6.58. The molecule has 0 saturated carbocycles. The number of nitrogens with two attached hydrogens (primary N) is 1. The molecule has 1 heterocycles. The number of hydrogen-bond donors (Lipinski definition) is 2. The fraction of sp³-hybridized carbons (Fsp3) is 0.647. The zero-order valence-electron chi connectivity index (χ0n) is 13.5. The van der Waals surface area contributed by atoms with Crippen molar-refractivity contribution in [2.24, 2.45) is 11.7 Å². The van der Waals surface area contributed by atoms with Gasteiger partial charge in [-0.25, -0.2) is 4.39 Å². The van der Waals surface area contributed by atoms with Crippen LogP contribution in [0.2, 0.25) is 0 Å². The molecule has 5 heteroatoms. The molecule has 4 nitrogen and oxygen atoms in total. The second kappa shape index (κ2) is 7.51. The number of nitrogens with zero attached hydrogens (tertiary/aromatic N) is 1. The van der Waals surface area contributed by atoms with Crippen molar-refractivity contribution in [1.82, 2.24) is 5.06 Å². The van der Waals surface area contributed by atoms with E-state index in [-0.39, 0.29) is 24.1 Å². The molecule has 1 aliphatic rings. The van der Waals surface area contributed by atoms with Gasteiger partial charge in [-0.1, -0.05) is 26.0 Å². The van der Waals surface area contributed by atoms with Gasteiger partial charge in [-0.3, -0.25) is 4.84 Å². The molecule has 2 rings (SSSR count). The van der Waals surface area contributed by atoms with Crippen molar-refractivity contribution in [1.29, 1.82) is 0 Å². The fourth-order valence-electron chi connectivity index (χ4n) is 3.42. The summed E-state index contributed by atoms with van der Waals surface area (Å²) in [6.45, 7) is 5.50. The van der Waals surface area contributed by atoms with Crippen LogP contribution in [-0.2, 0) is 11.4 Å². The van der Waals surface area contributed by atoms with Crippen LogP contribution in [-0.4, -0.2) is 35.0 Å². The van der Waals surface area contributed by atoms with Gasteiger partial charge in [0, 0.05) is 19.7 Å². The van der Waals surface area contributed by atoms with Crippen molar-refractivity contribution in [3.05, 3.63) is 35.6 Å². The molecule has 0 amide bonds. The Morgan fingerprint density at radius 1 is 1.41 bits per heavy atom. The quantitative estimate of drug-likeness (QED) is 0.812. The second-order valence-electron chi connectivity index (χ2n) is 6.63. The molecule has 1 saturated heterocycles. The van der Waals surface area contributed by atoms with Crippen LogP contribution in [0.4, 0.5) is 4.39 Å². The molecule has 0 radical (unpaired) electrons. The van der Waals surface area contributed by atoms with Gasteiger partial charge in [-0.05, 0) is 42.9 Å². The maximum Gasteiger partial charge on any atom is 0.123 e. The number of rotatable bonds is 7. The fourth-order valence-corrected chi connectivity index (χ4v) is 3.42. The SMILES string of the molecule is CC(C)CC1(CCO)C[C@H](CN)ON1Cc1ccc(F)cc1. The van der Waals surface area contributed by atoms with E-state index in [0.29, 0.717) is 25.4 Å². The summed E-state index contributed by atoms with van der Waals surface area (Å²) in [7, 11) is 0. The zero-order valence-corrected chi connectivity index (χ0v) is 13.5. The summed E-state index contributed by atoms with van der Waals surface area (Å²) < 4.78 is 13.1. The van der Waals surface area contributed by atoms with Gasteiger partial charge in [0.25, 0.3) is 0 Å². The summed E-state index contributed by atoms with van der Waals surface area (Å²) in [5.74, 6) is 0.247. The summed E-state index contributed by atoms with van der Waals surface area (Å²) in [4.78, 5) is 6.02. The van der Waals surface area contributed by atoms with Crippen LogP contribution in [0.5, 0.6) is 0 Å². The first kappa shape index (κ1) is 17.3. The van der Waals surface area contributed by atoms with Gasteiger partial charge in [0.05, 0.1) is 11.6 Å². The Balaban J connectivity index is 2.21. The molecule has 3 N–H and O–H groups in total. The lowest BCUT2D eigenvalue weighted by atomic mass is 9.81. The Bertz CT molecular complexity index is 466. The number of benzene rings is 1. The molecule has 0 aromatic heterocycles. The lowest BCUT2D eigenvalue weighted by molar-refractivity contribution is -0.199. The number of hydrogen-bond acceptors (Lipinski definition) is 4. The highest BCUT2D eigenvalue weighted by atomic mass is 19.1. The third-order valence-electron chi connectivity index (χ3n) is 4.28. The van der Waals surface area contributed by atoms with Crippen molar-refractivity contribution < 1.29 is 14.3 Å². The highest BCUT2D eigenvalue weighted by Crippen LogP contribution is 2.40.